The summed E-state index contributed by atoms with van der Waals surface area (Å²) in [5, 5.41) is 0.202. The van der Waals surface area contributed by atoms with E-state index >= 15 is 0 Å². The largest absolute Gasteiger partial charge is 0.484 e. The molecule has 2 rings (SSSR count). The van der Waals surface area contributed by atoms with Crippen molar-refractivity contribution in [2.45, 2.75) is 72.1 Å². The Balaban J connectivity index is 2.16. The van der Waals surface area contributed by atoms with Gasteiger partial charge >= 0.3 is 17.6 Å². The first-order valence-corrected chi connectivity index (χ1v) is 10.5. The van der Waals surface area contributed by atoms with Gasteiger partial charge in [0.25, 0.3) is 0 Å². The van der Waals surface area contributed by atoms with Crippen LogP contribution in [0.4, 0.5) is 0 Å². The highest BCUT2D eigenvalue weighted by molar-refractivity contribution is 5.94. The third kappa shape index (κ3) is 6.90. The van der Waals surface area contributed by atoms with Gasteiger partial charge in [-0.2, -0.15) is 0 Å². The van der Waals surface area contributed by atoms with Crippen molar-refractivity contribution in [1.29, 1.82) is 0 Å². The predicted molar refractivity (Wildman–Crippen MR) is 113 cm³/mol. The van der Waals surface area contributed by atoms with E-state index in [4.69, 9.17) is 18.6 Å². The van der Waals surface area contributed by atoms with Crippen molar-refractivity contribution >= 4 is 22.9 Å². The summed E-state index contributed by atoms with van der Waals surface area (Å²) in [5.41, 5.74) is -0.618. The van der Waals surface area contributed by atoms with E-state index in [1.54, 1.807) is 6.07 Å². The Bertz CT molecular complexity index is 914. The average molecular weight is 418 g/mol. The van der Waals surface area contributed by atoms with Crippen molar-refractivity contribution in [1.82, 2.24) is 0 Å². The van der Waals surface area contributed by atoms with E-state index in [0.29, 0.717) is 0 Å². The monoisotopic (exact) mass is 418 g/mol. The number of benzene rings is 1. The molecule has 0 N–H and O–H groups in total. The highest BCUT2D eigenvalue weighted by atomic mass is 16.6. The van der Waals surface area contributed by atoms with E-state index in [9.17, 15) is 14.4 Å². The highest BCUT2D eigenvalue weighted by Crippen LogP contribution is 2.39. The van der Waals surface area contributed by atoms with E-state index in [1.807, 2.05) is 0 Å². The summed E-state index contributed by atoms with van der Waals surface area (Å²) in [5.74, 6) is -1.34. The van der Waals surface area contributed by atoms with Gasteiger partial charge in [0.15, 0.2) is 5.75 Å². The number of unbranched alkanes of at least 4 members (excludes halogenated alkanes) is 7. The third-order valence-electron chi connectivity index (χ3n) is 4.55. The second-order valence-electron chi connectivity index (χ2n) is 7.19. The molecule has 164 valence electrons. The normalized spacial score (nSPS) is 10.8. The number of carbonyl (C=O) groups is 2. The lowest BCUT2D eigenvalue weighted by Gasteiger charge is -2.14. The molecule has 0 aliphatic rings. The molecule has 0 radical (unpaired) electrons. The van der Waals surface area contributed by atoms with Crippen molar-refractivity contribution in [2.75, 3.05) is 6.61 Å². The maximum absolute atomic E-state index is 12.4. The van der Waals surface area contributed by atoms with E-state index in [0.717, 1.165) is 19.3 Å². The zero-order chi connectivity index (χ0) is 21.9. The Kier molecular flexibility index (Phi) is 9.38. The van der Waals surface area contributed by atoms with Crippen LogP contribution in [0.15, 0.2) is 27.4 Å². The third-order valence-corrected chi connectivity index (χ3v) is 4.55. The van der Waals surface area contributed by atoms with E-state index in [1.165, 1.54) is 58.1 Å². The Hall–Kier alpha value is -2.83. The number of rotatable bonds is 12. The van der Waals surface area contributed by atoms with Gasteiger partial charge in [-0.3, -0.25) is 9.59 Å². The Morgan fingerprint density at radius 1 is 0.867 bits per heavy atom. The molecule has 0 unspecified atom stereocenters. The second kappa shape index (κ2) is 12.0. The first-order valence-electron chi connectivity index (χ1n) is 10.5. The van der Waals surface area contributed by atoms with Crippen LogP contribution in [0.2, 0.25) is 0 Å². The summed E-state index contributed by atoms with van der Waals surface area (Å²) < 4.78 is 21.4. The van der Waals surface area contributed by atoms with Gasteiger partial charge in [-0.1, -0.05) is 57.9 Å². The molecule has 2 aromatic rings. The molecule has 0 fully saturated rings. The topological polar surface area (TPSA) is 92.0 Å². The SMILES string of the molecule is CCCCCCCCCCOc1c(OC(C)=O)c2c(OC(C)=O)cccc2oc1=O. The quantitative estimate of drug-likeness (QED) is 0.203. The van der Waals surface area contributed by atoms with Crippen LogP contribution in [0.5, 0.6) is 17.2 Å². The minimum Gasteiger partial charge on any atom is -0.484 e. The van der Waals surface area contributed by atoms with Crippen LogP contribution in [-0.2, 0) is 9.59 Å². The van der Waals surface area contributed by atoms with Crippen LogP contribution in [-0.4, -0.2) is 18.5 Å². The lowest BCUT2D eigenvalue weighted by molar-refractivity contribution is -0.132. The number of hydrogen-bond acceptors (Lipinski definition) is 7. The molecule has 0 spiro atoms. The number of carbonyl (C=O) groups excluding carboxylic acids is 2. The fraction of sp³-hybridized carbons (Fsp3) is 0.522. The molecule has 0 amide bonds. The maximum atomic E-state index is 12.4. The Labute approximate surface area is 176 Å². The summed E-state index contributed by atoms with van der Waals surface area (Å²) in [6.45, 7) is 4.95. The molecule has 0 aliphatic heterocycles. The van der Waals surface area contributed by atoms with E-state index < -0.39 is 17.6 Å². The van der Waals surface area contributed by atoms with Crippen molar-refractivity contribution in [3.63, 3.8) is 0 Å². The van der Waals surface area contributed by atoms with E-state index in [-0.39, 0.29) is 34.8 Å². The zero-order valence-corrected chi connectivity index (χ0v) is 18.0. The van der Waals surface area contributed by atoms with Crippen LogP contribution in [0.1, 0.15) is 72.1 Å². The fourth-order valence-corrected chi connectivity index (χ4v) is 3.19. The minimum atomic E-state index is -0.752. The lowest BCUT2D eigenvalue weighted by atomic mass is 10.1. The molecule has 0 saturated carbocycles. The number of fused-ring (bicyclic) bond motifs is 1. The minimum absolute atomic E-state index is 0.0924. The Morgan fingerprint density at radius 3 is 2.13 bits per heavy atom. The van der Waals surface area contributed by atoms with Gasteiger partial charge < -0.3 is 18.6 Å². The summed E-state index contributed by atoms with van der Waals surface area (Å²) in [7, 11) is 0. The molecule has 1 aromatic carbocycles. The van der Waals surface area contributed by atoms with Gasteiger partial charge in [0.05, 0.1) is 6.61 Å². The molecule has 1 aromatic heterocycles. The van der Waals surface area contributed by atoms with Crippen molar-refractivity contribution < 1.29 is 28.2 Å². The van der Waals surface area contributed by atoms with Crippen LogP contribution >= 0.6 is 0 Å². The standard InChI is InChI=1S/C23H30O7/c1-4-5-6-7-8-9-10-11-15-27-22-21(29-17(3)25)20-18(28-16(2)24)13-12-14-19(20)30-23(22)26/h12-14H,4-11,15H2,1-3H3. The van der Waals surface area contributed by atoms with Gasteiger partial charge in [-0.05, 0) is 18.6 Å². The van der Waals surface area contributed by atoms with Crippen LogP contribution in [0.25, 0.3) is 11.0 Å². The molecular formula is C23H30O7. The molecule has 30 heavy (non-hydrogen) atoms. The molecule has 7 nitrogen and oxygen atoms in total. The summed E-state index contributed by atoms with van der Waals surface area (Å²) in [6, 6.07) is 4.63. The average Bonchev–Trinajstić information content (AvgIpc) is 2.67. The van der Waals surface area contributed by atoms with Gasteiger partial charge in [-0.15, -0.1) is 0 Å². The molecule has 0 aliphatic carbocycles. The lowest BCUT2D eigenvalue weighted by Crippen LogP contribution is -2.14. The maximum Gasteiger partial charge on any atom is 0.383 e. The number of esters is 2. The smallest absolute Gasteiger partial charge is 0.383 e. The molecular weight excluding hydrogens is 388 g/mol. The second-order valence-corrected chi connectivity index (χ2v) is 7.19. The van der Waals surface area contributed by atoms with Crippen molar-refractivity contribution in [2.24, 2.45) is 0 Å². The molecule has 7 heteroatoms. The van der Waals surface area contributed by atoms with Gasteiger partial charge in [-0.25, -0.2) is 4.79 Å². The van der Waals surface area contributed by atoms with Crippen molar-refractivity contribution in [3.8, 4) is 17.2 Å². The van der Waals surface area contributed by atoms with Crippen LogP contribution in [0, 0.1) is 0 Å². The molecule has 0 atom stereocenters. The molecule has 1 heterocycles. The summed E-state index contributed by atoms with van der Waals surface area (Å²) in [4.78, 5) is 35.5. The van der Waals surface area contributed by atoms with Gasteiger partial charge in [0.2, 0.25) is 5.75 Å². The van der Waals surface area contributed by atoms with Crippen molar-refractivity contribution in [3.05, 3.63) is 28.6 Å². The van der Waals surface area contributed by atoms with Crippen LogP contribution < -0.4 is 19.8 Å². The zero-order valence-electron chi connectivity index (χ0n) is 18.0. The van der Waals surface area contributed by atoms with Gasteiger partial charge in [0.1, 0.15) is 16.7 Å². The fourth-order valence-electron chi connectivity index (χ4n) is 3.19. The molecule has 0 saturated heterocycles. The van der Waals surface area contributed by atoms with Gasteiger partial charge in [0, 0.05) is 13.8 Å². The highest BCUT2D eigenvalue weighted by Gasteiger charge is 2.23. The Morgan fingerprint density at radius 2 is 1.50 bits per heavy atom. The first kappa shape index (κ1) is 23.4. The predicted octanol–water partition coefficient (Wildman–Crippen LogP) is 5.16. The number of ether oxygens (including phenoxy) is 3. The summed E-state index contributed by atoms with van der Waals surface area (Å²) in [6.07, 6.45) is 9.03. The van der Waals surface area contributed by atoms with E-state index in [2.05, 4.69) is 6.92 Å². The molecule has 0 bridgehead atoms. The number of hydrogen-bond donors (Lipinski definition) is 0. The van der Waals surface area contributed by atoms with Crippen LogP contribution in [0.3, 0.4) is 0 Å². The summed E-state index contributed by atoms with van der Waals surface area (Å²) >= 11 is 0. The first-order chi connectivity index (χ1) is 14.4.